The predicted octanol–water partition coefficient (Wildman–Crippen LogP) is 3.33. The van der Waals surface area contributed by atoms with Crippen molar-refractivity contribution in [2.75, 3.05) is 32.0 Å². The molecule has 0 aliphatic carbocycles. The first-order valence-corrected chi connectivity index (χ1v) is 8.70. The van der Waals surface area contributed by atoms with Crippen molar-refractivity contribution in [3.05, 3.63) is 47.6 Å². The number of allylic oxidation sites excluding steroid dienone is 1. The molecule has 0 bridgehead atoms. The second-order valence-electron chi connectivity index (χ2n) is 6.57. The van der Waals surface area contributed by atoms with Crippen molar-refractivity contribution in [1.82, 2.24) is 10.2 Å². The van der Waals surface area contributed by atoms with Crippen molar-refractivity contribution in [1.29, 1.82) is 5.41 Å². The van der Waals surface area contributed by atoms with Crippen LogP contribution in [0.15, 0.2) is 41.8 Å². The van der Waals surface area contributed by atoms with Crippen LogP contribution in [0.1, 0.15) is 19.8 Å². The first-order valence-electron chi connectivity index (χ1n) is 8.70. The Hall–Kier alpha value is -2.50. The highest BCUT2D eigenvalue weighted by Gasteiger charge is 2.24. The van der Waals surface area contributed by atoms with Gasteiger partial charge >= 0.3 is 0 Å². The number of dihydropyridines is 1. The molecule has 134 valence electrons. The highest BCUT2D eigenvalue weighted by molar-refractivity contribution is 5.97. The summed E-state index contributed by atoms with van der Waals surface area (Å²) >= 11 is 0. The molecular formula is C19H25FN4O. The van der Waals surface area contributed by atoms with Crippen molar-refractivity contribution >= 4 is 11.5 Å². The molecule has 5 nitrogen and oxygen atoms in total. The Kier molecular flexibility index (Phi) is 5.26. The Morgan fingerprint density at radius 1 is 1.36 bits per heavy atom. The maximum absolute atomic E-state index is 14.2. The Labute approximate surface area is 148 Å². The minimum Gasteiger partial charge on any atom is -0.454 e. The zero-order chi connectivity index (χ0) is 17.8. The number of ether oxygens (including phenoxy) is 1. The Morgan fingerprint density at radius 3 is 2.80 bits per heavy atom. The number of benzene rings is 1. The third-order valence-electron chi connectivity index (χ3n) is 4.76. The van der Waals surface area contributed by atoms with E-state index in [9.17, 15) is 4.39 Å². The molecule has 0 amide bonds. The summed E-state index contributed by atoms with van der Waals surface area (Å²) in [6.45, 7) is 4.52. The van der Waals surface area contributed by atoms with Crippen molar-refractivity contribution < 1.29 is 9.13 Å². The van der Waals surface area contributed by atoms with Crippen LogP contribution in [0, 0.1) is 17.1 Å². The fraction of sp³-hybridized carbons (Fsp3) is 0.421. The van der Waals surface area contributed by atoms with Gasteiger partial charge < -0.3 is 20.3 Å². The van der Waals surface area contributed by atoms with E-state index in [-0.39, 0.29) is 5.75 Å². The Balaban J connectivity index is 1.81. The molecule has 1 aromatic carbocycles. The van der Waals surface area contributed by atoms with Gasteiger partial charge in [0.25, 0.3) is 0 Å². The fourth-order valence-corrected chi connectivity index (χ4v) is 3.06. The van der Waals surface area contributed by atoms with Crippen molar-refractivity contribution in [3.63, 3.8) is 0 Å². The molecule has 3 rings (SSSR count). The highest BCUT2D eigenvalue weighted by Crippen LogP contribution is 2.26. The van der Waals surface area contributed by atoms with Gasteiger partial charge in [0.15, 0.2) is 11.6 Å². The lowest BCUT2D eigenvalue weighted by Gasteiger charge is -2.34. The van der Waals surface area contributed by atoms with Crippen LogP contribution >= 0.6 is 0 Å². The second kappa shape index (κ2) is 7.59. The molecule has 3 N–H and O–H groups in total. The monoisotopic (exact) mass is 344 g/mol. The molecule has 0 radical (unpaired) electrons. The largest absolute Gasteiger partial charge is 0.454 e. The quantitative estimate of drug-likeness (QED) is 0.579. The van der Waals surface area contributed by atoms with Crippen LogP contribution in [-0.4, -0.2) is 37.4 Å². The van der Waals surface area contributed by atoms with Gasteiger partial charge in [0.2, 0.25) is 0 Å². The van der Waals surface area contributed by atoms with E-state index in [0.717, 1.165) is 31.5 Å². The summed E-state index contributed by atoms with van der Waals surface area (Å²) in [6, 6.07) is 4.77. The van der Waals surface area contributed by atoms with Gasteiger partial charge in [0.1, 0.15) is 11.6 Å². The van der Waals surface area contributed by atoms with Gasteiger partial charge in [-0.05, 0) is 37.0 Å². The smallest absolute Gasteiger partial charge is 0.167 e. The van der Waals surface area contributed by atoms with E-state index in [1.54, 1.807) is 31.5 Å². The normalized spacial score (nSPS) is 18.1. The van der Waals surface area contributed by atoms with Gasteiger partial charge in [-0.1, -0.05) is 6.92 Å². The summed E-state index contributed by atoms with van der Waals surface area (Å²) in [5, 5.41) is 14.6. The lowest BCUT2D eigenvalue weighted by Crippen LogP contribution is -2.41. The summed E-state index contributed by atoms with van der Waals surface area (Å²) in [5.41, 5.74) is 1.45. The van der Waals surface area contributed by atoms with E-state index in [4.69, 9.17) is 10.1 Å². The summed E-state index contributed by atoms with van der Waals surface area (Å²) < 4.78 is 20.0. The topological polar surface area (TPSA) is 60.4 Å². The van der Waals surface area contributed by atoms with E-state index in [0.29, 0.717) is 29.7 Å². The highest BCUT2D eigenvalue weighted by atomic mass is 19.1. The van der Waals surface area contributed by atoms with E-state index < -0.39 is 5.82 Å². The first-order chi connectivity index (χ1) is 12.1. The number of nitrogens with one attached hydrogen (secondary N) is 3. The van der Waals surface area contributed by atoms with Gasteiger partial charge in [-0.2, -0.15) is 0 Å². The first kappa shape index (κ1) is 17.3. The number of anilines is 1. The third-order valence-corrected chi connectivity index (χ3v) is 4.76. The average Bonchev–Trinajstić information content (AvgIpc) is 2.64. The van der Waals surface area contributed by atoms with Crippen LogP contribution < -0.4 is 15.4 Å². The van der Waals surface area contributed by atoms with Crippen LogP contribution in [0.25, 0.3) is 0 Å². The van der Waals surface area contributed by atoms with E-state index in [1.807, 2.05) is 0 Å². The van der Waals surface area contributed by atoms with Gasteiger partial charge in [0.05, 0.1) is 5.57 Å². The van der Waals surface area contributed by atoms with Crippen LogP contribution in [0.2, 0.25) is 0 Å². The molecular weight excluding hydrogens is 319 g/mol. The number of nitrogens with zero attached hydrogens (tertiary/aromatic N) is 1. The second-order valence-corrected chi connectivity index (χ2v) is 6.57. The number of halogens is 1. The number of likely N-dealkylation sites (tertiary alicyclic amines) is 1. The summed E-state index contributed by atoms with van der Waals surface area (Å²) in [6.07, 6.45) is 5.71. The maximum Gasteiger partial charge on any atom is 0.167 e. The standard InChI is InChI=1S/C19H25FN4O/c1-13-6-9-24(10-7-13)19(21)15-12-23-8-5-17(15)25-18-4-3-14(22-2)11-16(18)20/h3-5,8,11,13,21-23H,6-7,9-10,12H2,1-2H3. The van der Waals surface area contributed by atoms with Crippen molar-refractivity contribution in [2.45, 2.75) is 19.8 Å². The van der Waals surface area contributed by atoms with E-state index in [1.165, 1.54) is 6.07 Å². The number of hydrogen-bond donors (Lipinski definition) is 3. The number of hydrogen-bond acceptors (Lipinski definition) is 4. The van der Waals surface area contributed by atoms with Crippen LogP contribution in [0.5, 0.6) is 5.75 Å². The summed E-state index contributed by atoms with van der Waals surface area (Å²) in [7, 11) is 1.74. The summed E-state index contributed by atoms with van der Waals surface area (Å²) in [4.78, 5) is 2.08. The Bertz CT molecular complexity index is 705. The molecule has 2 aliphatic rings. The number of piperidine rings is 1. The minimum atomic E-state index is -0.427. The zero-order valence-corrected chi connectivity index (χ0v) is 14.7. The molecule has 0 saturated carbocycles. The number of amidine groups is 1. The molecule has 1 aromatic rings. The lowest BCUT2D eigenvalue weighted by molar-refractivity contribution is 0.278. The van der Waals surface area contributed by atoms with Crippen LogP contribution in [0.4, 0.5) is 10.1 Å². The van der Waals surface area contributed by atoms with Gasteiger partial charge in [-0.15, -0.1) is 0 Å². The fourth-order valence-electron chi connectivity index (χ4n) is 3.06. The molecule has 1 saturated heterocycles. The lowest BCUT2D eigenvalue weighted by atomic mass is 9.98. The SMILES string of the molecule is CNc1ccc(OC2=C(C(=N)N3CCC(C)CC3)CNC=C2)c(F)c1. The van der Waals surface area contributed by atoms with E-state index in [2.05, 4.69) is 22.5 Å². The average molecular weight is 344 g/mol. The molecule has 2 aliphatic heterocycles. The maximum atomic E-state index is 14.2. The zero-order valence-electron chi connectivity index (χ0n) is 14.7. The molecule has 1 fully saturated rings. The molecule has 6 heteroatoms. The third kappa shape index (κ3) is 3.95. The molecule has 0 atom stereocenters. The van der Waals surface area contributed by atoms with Gasteiger partial charge in [-0.25, -0.2) is 4.39 Å². The van der Waals surface area contributed by atoms with Crippen molar-refractivity contribution in [3.8, 4) is 5.75 Å². The molecule has 2 heterocycles. The van der Waals surface area contributed by atoms with E-state index >= 15 is 0 Å². The molecule has 0 unspecified atom stereocenters. The number of rotatable bonds is 4. The minimum absolute atomic E-state index is 0.165. The summed E-state index contributed by atoms with van der Waals surface area (Å²) in [5.74, 6) is 1.43. The van der Waals surface area contributed by atoms with Crippen molar-refractivity contribution in [2.24, 2.45) is 5.92 Å². The van der Waals surface area contributed by atoms with Crippen LogP contribution in [0.3, 0.4) is 0 Å². The molecule has 25 heavy (non-hydrogen) atoms. The van der Waals surface area contributed by atoms with Gasteiger partial charge in [0, 0.05) is 44.6 Å². The molecule has 0 aromatic heterocycles. The Morgan fingerprint density at radius 2 is 2.12 bits per heavy atom. The molecule has 0 spiro atoms. The predicted molar refractivity (Wildman–Crippen MR) is 98.4 cm³/mol. The van der Waals surface area contributed by atoms with Crippen LogP contribution in [-0.2, 0) is 0 Å². The van der Waals surface area contributed by atoms with Gasteiger partial charge in [-0.3, -0.25) is 5.41 Å².